The lowest BCUT2D eigenvalue weighted by Crippen LogP contribution is -2.44. The van der Waals surface area contributed by atoms with Crippen molar-refractivity contribution in [2.45, 2.75) is 38.4 Å². The Kier molecular flexibility index (Phi) is 5.07. The Morgan fingerprint density at radius 2 is 2.06 bits per heavy atom. The number of benzene rings is 1. The summed E-state index contributed by atoms with van der Waals surface area (Å²) >= 11 is 0. The van der Waals surface area contributed by atoms with Crippen LogP contribution < -0.4 is 11.1 Å². The second-order valence-electron chi connectivity index (χ2n) is 7.97. The molecular formula is C24H23N7O. The molecule has 1 fully saturated rings. The van der Waals surface area contributed by atoms with Gasteiger partial charge in [-0.1, -0.05) is 36.3 Å². The molecule has 0 atom stereocenters. The Balaban J connectivity index is 1.43. The minimum atomic E-state index is -0.235. The minimum absolute atomic E-state index is 0.101. The van der Waals surface area contributed by atoms with Crippen LogP contribution >= 0.6 is 0 Å². The average molecular weight is 425 g/mol. The summed E-state index contributed by atoms with van der Waals surface area (Å²) in [6, 6.07) is 12.4. The van der Waals surface area contributed by atoms with E-state index in [2.05, 4.69) is 39.4 Å². The Hall–Kier alpha value is -4.12. The first kappa shape index (κ1) is 19.8. The summed E-state index contributed by atoms with van der Waals surface area (Å²) < 4.78 is 3.90. The maximum atomic E-state index is 11.7. The summed E-state index contributed by atoms with van der Waals surface area (Å²) in [7, 11) is 0. The second kappa shape index (κ2) is 8.19. The van der Waals surface area contributed by atoms with Gasteiger partial charge in [-0.05, 0) is 37.3 Å². The van der Waals surface area contributed by atoms with E-state index in [4.69, 9.17) is 10.8 Å². The number of anilines is 1. The van der Waals surface area contributed by atoms with Gasteiger partial charge >= 0.3 is 0 Å². The first-order valence-corrected chi connectivity index (χ1v) is 10.5. The standard InChI is InChI=1S/C24H23N7O/c1-2-6-21(32)28-18-11-19(12-18)31-20-9-10-26-24(25)22(20)23(29-31)17-13-27-30(15-17)14-16-7-4-3-5-8-16/h3-5,7-10,13,15,18-19H,11-12,14H2,1H3,(H2,25,26)(H,28,32). The smallest absolute Gasteiger partial charge is 0.296 e. The monoisotopic (exact) mass is 425 g/mol. The van der Waals surface area contributed by atoms with Crippen molar-refractivity contribution in [3.63, 3.8) is 0 Å². The predicted molar refractivity (Wildman–Crippen MR) is 122 cm³/mol. The second-order valence-corrected chi connectivity index (χ2v) is 7.97. The van der Waals surface area contributed by atoms with Crippen LogP contribution in [0.4, 0.5) is 5.82 Å². The fourth-order valence-corrected chi connectivity index (χ4v) is 4.18. The molecule has 8 nitrogen and oxygen atoms in total. The number of nitrogens with two attached hydrogens (primary N) is 1. The summed E-state index contributed by atoms with van der Waals surface area (Å²) in [5.41, 5.74) is 10.0. The molecule has 5 rings (SSSR count). The third kappa shape index (κ3) is 3.69. The van der Waals surface area contributed by atoms with E-state index in [9.17, 15) is 4.79 Å². The number of hydrogen-bond acceptors (Lipinski definition) is 5. The Labute approximate surface area is 185 Å². The lowest BCUT2D eigenvalue weighted by molar-refractivity contribution is -0.117. The van der Waals surface area contributed by atoms with Gasteiger partial charge in [0.05, 0.1) is 29.7 Å². The highest BCUT2D eigenvalue weighted by Gasteiger charge is 2.34. The molecule has 160 valence electrons. The van der Waals surface area contributed by atoms with E-state index in [1.165, 1.54) is 5.56 Å². The van der Waals surface area contributed by atoms with Crippen molar-refractivity contribution < 1.29 is 4.79 Å². The molecule has 0 unspecified atom stereocenters. The maximum Gasteiger partial charge on any atom is 0.296 e. The topological polar surface area (TPSA) is 104 Å². The van der Waals surface area contributed by atoms with Gasteiger partial charge in [-0.15, -0.1) is 0 Å². The fourth-order valence-electron chi connectivity index (χ4n) is 4.18. The number of pyridine rings is 1. The molecule has 1 amide bonds. The molecule has 1 aliphatic rings. The number of carbonyl (C=O) groups is 1. The van der Waals surface area contributed by atoms with Gasteiger partial charge in [-0.3, -0.25) is 14.2 Å². The third-order valence-corrected chi connectivity index (χ3v) is 5.78. The van der Waals surface area contributed by atoms with Gasteiger partial charge in [0.15, 0.2) is 0 Å². The molecule has 0 aliphatic heterocycles. The molecule has 3 aromatic heterocycles. The van der Waals surface area contributed by atoms with Crippen LogP contribution in [0.25, 0.3) is 22.2 Å². The van der Waals surface area contributed by atoms with E-state index >= 15 is 0 Å². The molecule has 32 heavy (non-hydrogen) atoms. The predicted octanol–water partition coefficient (Wildman–Crippen LogP) is 2.77. The number of carbonyl (C=O) groups excluding carboxylic acids is 1. The molecule has 8 heteroatoms. The molecule has 0 radical (unpaired) electrons. The quantitative estimate of drug-likeness (QED) is 0.479. The number of hydrogen-bond donors (Lipinski definition) is 2. The van der Waals surface area contributed by atoms with Crippen molar-refractivity contribution in [2.24, 2.45) is 0 Å². The SMILES string of the molecule is CC#CC(=O)NC1CC(n2nc(-c3cnn(Cc4ccccc4)c3)c3c(N)nccc32)C1. The van der Waals surface area contributed by atoms with Crippen LogP contribution in [0.2, 0.25) is 0 Å². The molecular weight excluding hydrogens is 402 g/mol. The lowest BCUT2D eigenvalue weighted by atomic mass is 9.86. The molecule has 4 aromatic rings. The molecule has 0 spiro atoms. The molecule has 3 heterocycles. The molecule has 0 saturated heterocycles. The summed E-state index contributed by atoms with van der Waals surface area (Å²) in [6.45, 7) is 2.33. The van der Waals surface area contributed by atoms with Crippen LogP contribution in [0.3, 0.4) is 0 Å². The summed E-state index contributed by atoms with van der Waals surface area (Å²) in [5, 5.41) is 13.2. The largest absolute Gasteiger partial charge is 0.383 e. The van der Waals surface area contributed by atoms with Crippen molar-refractivity contribution in [1.82, 2.24) is 29.9 Å². The number of nitrogens with zero attached hydrogens (tertiary/aromatic N) is 5. The van der Waals surface area contributed by atoms with E-state index < -0.39 is 0 Å². The number of aromatic nitrogens is 5. The highest BCUT2D eigenvalue weighted by molar-refractivity contribution is 6.00. The number of nitrogen functional groups attached to an aromatic ring is 1. The van der Waals surface area contributed by atoms with E-state index in [1.807, 2.05) is 46.0 Å². The molecule has 1 aliphatic carbocycles. The van der Waals surface area contributed by atoms with Crippen LogP contribution in [-0.2, 0) is 11.3 Å². The highest BCUT2D eigenvalue weighted by atomic mass is 16.1. The van der Waals surface area contributed by atoms with Gasteiger partial charge in [0.1, 0.15) is 11.5 Å². The highest BCUT2D eigenvalue weighted by Crippen LogP contribution is 2.38. The normalized spacial score (nSPS) is 17.4. The van der Waals surface area contributed by atoms with Crippen molar-refractivity contribution >= 4 is 22.6 Å². The van der Waals surface area contributed by atoms with E-state index in [-0.39, 0.29) is 18.0 Å². The number of amides is 1. The summed E-state index contributed by atoms with van der Waals surface area (Å²) in [5.74, 6) is 5.36. The zero-order valence-corrected chi connectivity index (χ0v) is 17.7. The minimum Gasteiger partial charge on any atom is -0.383 e. The van der Waals surface area contributed by atoms with Gasteiger partial charge in [-0.25, -0.2) is 4.98 Å². The van der Waals surface area contributed by atoms with Gasteiger partial charge in [0.25, 0.3) is 5.91 Å². The lowest BCUT2D eigenvalue weighted by Gasteiger charge is -2.35. The van der Waals surface area contributed by atoms with Crippen molar-refractivity contribution in [3.8, 4) is 23.1 Å². The zero-order chi connectivity index (χ0) is 22.1. The Morgan fingerprint density at radius 1 is 1.25 bits per heavy atom. The summed E-state index contributed by atoms with van der Waals surface area (Å²) in [4.78, 5) is 16.0. The van der Waals surface area contributed by atoms with Crippen molar-refractivity contribution in [3.05, 3.63) is 60.6 Å². The van der Waals surface area contributed by atoms with Crippen LogP contribution in [0.1, 0.15) is 31.4 Å². The Morgan fingerprint density at radius 3 is 2.84 bits per heavy atom. The molecule has 0 bridgehead atoms. The van der Waals surface area contributed by atoms with Crippen molar-refractivity contribution in [2.75, 3.05) is 5.73 Å². The van der Waals surface area contributed by atoms with Gasteiger partial charge in [-0.2, -0.15) is 10.2 Å². The molecule has 1 aromatic carbocycles. The van der Waals surface area contributed by atoms with Gasteiger partial charge in [0.2, 0.25) is 0 Å². The van der Waals surface area contributed by atoms with Crippen molar-refractivity contribution in [1.29, 1.82) is 0 Å². The average Bonchev–Trinajstić information content (AvgIpc) is 3.37. The van der Waals surface area contributed by atoms with E-state index in [1.54, 1.807) is 13.1 Å². The fraction of sp³-hybridized carbons (Fsp3) is 0.250. The van der Waals surface area contributed by atoms with Crippen LogP contribution in [0.5, 0.6) is 0 Å². The molecule has 1 saturated carbocycles. The van der Waals surface area contributed by atoms with Crippen LogP contribution in [-0.4, -0.2) is 36.5 Å². The third-order valence-electron chi connectivity index (χ3n) is 5.78. The number of nitrogens with one attached hydrogen (secondary N) is 1. The summed E-state index contributed by atoms with van der Waals surface area (Å²) in [6.07, 6.45) is 7.09. The van der Waals surface area contributed by atoms with E-state index in [0.717, 1.165) is 35.0 Å². The zero-order valence-electron chi connectivity index (χ0n) is 17.7. The van der Waals surface area contributed by atoms with Crippen LogP contribution in [0.15, 0.2) is 55.0 Å². The number of rotatable bonds is 5. The maximum absolute atomic E-state index is 11.7. The van der Waals surface area contributed by atoms with E-state index in [0.29, 0.717) is 12.4 Å². The first-order chi connectivity index (χ1) is 15.6. The van der Waals surface area contributed by atoms with Gasteiger partial charge in [0, 0.05) is 24.0 Å². The Bertz CT molecular complexity index is 1340. The van der Waals surface area contributed by atoms with Crippen LogP contribution in [0, 0.1) is 11.8 Å². The first-order valence-electron chi connectivity index (χ1n) is 10.5. The van der Waals surface area contributed by atoms with Gasteiger partial charge < -0.3 is 11.1 Å². The molecule has 3 N–H and O–H groups in total. The number of fused-ring (bicyclic) bond motifs is 1.